The highest BCUT2D eigenvalue weighted by molar-refractivity contribution is 7.17. The second-order valence-electron chi connectivity index (χ2n) is 4.05. The highest BCUT2D eigenvalue weighted by Crippen LogP contribution is 2.28. The maximum atomic E-state index is 12.6. The molecule has 0 radical (unpaired) electrons. The maximum absolute atomic E-state index is 12.6. The lowest BCUT2D eigenvalue weighted by atomic mass is 10.0. The number of hydrogen-bond acceptors (Lipinski definition) is 4. The van der Waals surface area contributed by atoms with E-state index >= 15 is 0 Å². The average molecular weight is 269 g/mol. The third kappa shape index (κ3) is 2.00. The number of rotatable bonds is 3. The van der Waals surface area contributed by atoms with Crippen molar-refractivity contribution in [2.45, 2.75) is 0 Å². The summed E-state index contributed by atoms with van der Waals surface area (Å²) in [7, 11) is 1.54. The summed E-state index contributed by atoms with van der Waals surface area (Å²) in [6.45, 7) is 0. The van der Waals surface area contributed by atoms with Crippen LogP contribution >= 0.6 is 11.3 Å². The molecule has 2 aromatic heterocycles. The van der Waals surface area contributed by atoms with Gasteiger partial charge >= 0.3 is 0 Å². The largest absolute Gasteiger partial charge is 0.494 e. The van der Waals surface area contributed by atoms with E-state index in [1.165, 1.54) is 0 Å². The number of carbonyl (C=O) groups is 1. The molecule has 0 atom stereocenters. The van der Waals surface area contributed by atoms with Crippen LogP contribution in [0.5, 0.6) is 5.75 Å². The van der Waals surface area contributed by atoms with E-state index in [-0.39, 0.29) is 5.78 Å². The molecule has 3 aromatic rings. The molecule has 0 fully saturated rings. The predicted octanol–water partition coefficient (Wildman–Crippen LogP) is 3.54. The number of carbonyl (C=O) groups excluding carboxylic acids is 1. The molecule has 3 rings (SSSR count). The Morgan fingerprint density at radius 1 is 1.21 bits per heavy atom. The molecule has 2 heterocycles. The summed E-state index contributed by atoms with van der Waals surface area (Å²) >= 11 is 1.57. The van der Waals surface area contributed by atoms with Gasteiger partial charge in [-0.25, -0.2) is 0 Å². The third-order valence-corrected chi connectivity index (χ3v) is 3.94. The lowest BCUT2D eigenvalue weighted by molar-refractivity contribution is 0.103. The fourth-order valence-corrected chi connectivity index (χ4v) is 2.96. The van der Waals surface area contributed by atoms with Gasteiger partial charge in [0.25, 0.3) is 0 Å². The van der Waals surface area contributed by atoms with Crippen molar-refractivity contribution in [1.29, 1.82) is 0 Å². The molecule has 0 unspecified atom stereocenters. The van der Waals surface area contributed by atoms with Crippen molar-refractivity contribution in [1.82, 2.24) is 4.98 Å². The van der Waals surface area contributed by atoms with E-state index in [9.17, 15) is 4.79 Å². The highest BCUT2D eigenvalue weighted by Gasteiger charge is 2.17. The molecule has 0 saturated carbocycles. The van der Waals surface area contributed by atoms with Crippen molar-refractivity contribution in [3.63, 3.8) is 0 Å². The molecule has 19 heavy (non-hydrogen) atoms. The van der Waals surface area contributed by atoms with E-state index in [1.54, 1.807) is 36.9 Å². The Balaban J connectivity index is 2.16. The Labute approximate surface area is 114 Å². The first-order valence-corrected chi connectivity index (χ1v) is 6.68. The van der Waals surface area contributed by atoms with Crippen LogP contribution < -0.4 is 4.74 Å². The number of hydrogen-bond donors (Lipinski definition) is 0. The Hall–Kier alpha value is -2.20. The van der Waals surface area contributed by atoms with E-state index in [0.717, 1.165) is 10.1 Å². The molecule has 3 nitrogen and oxygen atoms in total. The smallest absolute Gasteiger partial charge is 0.198 e. The van der Waals surface area contributed by atoms with Gasteiger partial charge in [-0.1, -0.05) is 12.1 Å². The van der Waals surface area contributed by atoms with Gasteiger partial charge in [-0.05, 0) is 29.0 Å². The minimum absolute atomic E-state index is 0.0349. The Morgan fingerprint density at radius 2 is 2.11 bits per heavy atom. The standard InChI is InChI=1S/C15H11NO2S/c1-18-13-9-16-7-5-11(13)14(17)12-4-2-3-10-6-8-19-15(10)12/h2-9H,1H3. The van der Waals surface area contributed by atoms with Gasteiger partial charge < -0.3 is 4.74 Å². The van der Waals surface area contributed by atoms with Crippen LogP contribution in [-0.2, 0) is 0 Å². The van der Waals surface area contributed by atoms with Crippen molar-refractivity contribution < 1.29 is 9.53 Å². The molecule has 1 aromatic carbocycles. The summed E-state index contributed by atoms with van der Waals surface area (Å²) in [4.78, 5) is 16.6. The zero-order chi connectivity index (χ0) is 13.2. The zero-order valence-electron chi connectivity index (χ0n) is 10.3. The second-order valence-corrected chi connectivity index (χ2v) is 4.97. The lowest BCUT2D eigenvalue weighted by Gasteiger charge is -2.07. The number of nitrogens with zero attached hydrogens (tertiary/aromatic N) is 1. The first kappa shape index (κ1) is 11.9. The van der Waals surface area contributed by atoms with Crippen LogP contribution in [0.15, 0.2) is 48.1 Å². The maximum Gasteiger partial charge on any atom is 0.198 e. The van der Waals surface area contributed by atoms with Gasteiger partial charge in [-0.15, -0.1) is 11.3 Å². The van der Waals surface area contributed by atoms with E-state index < -0.39 is 0 Å². The van der Waals surface area contributed by atoms with Gasteiger partial charge in [-0.2, -0.15) is 0 Å². The van der Waals surface area contributed by atoms with Crippen LogP contribution in [0.3, 0.4) is 0 Å². The summed E-state index contributed by atoms with van der Waals surface area (Å²) < 4.78 is 6.21. The second kappa shape index (κ2) is 4.82. The van der Waals surface area contributed by atoms with E-state index in [2.05, 4.69) is 4.98 Å². The Morgan fingerprint density at radius 3 is 2.95 bits per heavy atom. The number of pyridine rings is 1. The Bertz CT molecular complexity index is 748. The van der Waals surface area contributed by atoms with Gasteiger partial charge in [0.15, 0.2) is 5.78 Å². The summed E-state index contributed by atoms with van der Waals surface area (Å²) in [6, 6.07) is 9.46. The average Bonchev–Trinajstić information content (AvgIpc) is 2.94. The normalized spacial score (nSPS) is 10.6. The number of thiophene rings is 1. The van der Waals surface area contributed by atoms with Crippen LogP contribution in [0.25, 0.3) is 10.1 Å². The van der Waals surface area contributed by atoms with Gasteiger partial charge in [0, 0.05) is 16.5 Å². The molecule has 0 bridgehead atoms. The molecule has 0 aliphatic rings. The predicted molar refractivity (Wildman–Crippen MR) is 76.0 cm³/mol. The fraction of sp³-hybridized carbons (Fsp3) is 0.0667. The summed E-state index contributed by atoms with van der Waals surface area (Å²) in [5.41, 5.74) is 1.25. The zero-order valence-corrected chi connectivity index (χ0v) is 11.1. The number of benzene rings is 1. The van der Waals surface area contributed by atoms with Gasteiger partial charge in [0.2, 0.25) is 0 Å². The number of ketones is 1. The van der Waals surface area contributed by atoms with Gasteiger partial charge in [-0.3, -0.25) is 9.78 Å². The summed E-state index contributed by atoms with van der Waals surface area (Å²) in [5.74, 6) is 0.466. The molecule has 0 amide bonds. The van der Waals surface area contributed by atoms with Crippen LogP contribution in [0.1, 0.15) is 15.9 Å². The first-order chi connectivity index (χ1) is 9.31. The van der Waals surface area contributed by atoms with E-state index in [0.29, 0.717) is 16.9 Å². The van der Waals surface area contributed by atoms with Crippen molar-refractivity contribution in [2.24, 2.45) is 0 Å². The number of aromatic nitrogens is 1. The minimum atomic E-state index is -0.0349. The molecule has 94 valence electrons. The molecule has 0 aliphatic heterocycles. The van der Waals surface area contributed by atoms with Crippen LogP contribution in [-0.4, -0.2) is 17.9 Å². The Kier molecular flexibility index (Phi) is 3.01. The molecular weight excluding hydrogens is 258 g/mol. The van der Waals surface area contributed by atoms with Crippen LogP contribution in [0, 0.1) is 0 Å². The van der Waals surface area contributed by atoms with Crippen molar-refractivity contribution in [3.8, 4) is 5.75 Å². The molecule has 4 heteroatoms. The minimum Gasteiger partial charge on any atom is -0.494 e. The molecular formula is C15H11NO2S. The van der Waals surface area contributed by atoms with Crippen LogP contribution in [0.4, 0.5) is 0 Å². The highest BCUT2D eigenvalue weighted by atomic mass is 32.1. The van der Waals surface area contributed by atoms with Crippen LogP contribution in [0.2, 0.25) is 0 Å². The van der Waals surface area contributed by atoms with E-state index in [1.807, 2.05) is 29.6 Å². The fourth-order valence-electron chi connectivity index (χ4n) is 2.05. The van der Waals surface area contributed by atoms with Crippen molar-refractivity contribution >= 4 is 27.2 Å². The van der Waals surface area contributed by atoms with Crippen molar-refractivity contribution in [3.05, 3.63) is 59.2 Å². The summed E-state index contributed by atoms with van der Waals surface area (Å²) in [6.07, 6.45) is 3.16. The number of methoxy groups -OCH3 is 1. The molecule has 0 aliphatic carbocycles. The van der Waals surface area contributed by atoms with Gasteiger partial charge in [0.05, 0.1) is 18.9 Å². The quantitative estimate of drug-likeness (QED) is 0.683. The number of ether oxygens (including phenoxy) is 1. The third-order valence-electron chi connectivity index (χ3n) is 2.97. The van der Waals surface area contributed by atoms with Gasteiger partial charge in [0.1, 0.15) is 5.75 Å². The van der Waals surface area contributed by atoms with Crippen molar-refractivity contribution in [2.75, 3.05) is 7.11 Å². The number of fused-ring (bicyclic) bond motifs is 1. The monoisotopic (exact) mass is 269 g/mol. The molecule has 0 spiro atoms. The first-order valence-electron chi connectivity index (χ1n) is 5.80. The SMILES string of the molecule is COc1cnccc1C(=O)c1cccc2ccsc12. The molecule has 0 saturated heterocycles. The molecule has 0 N–H and O–H groups in total. The van der Waals surface area contributed by atoms with E-state index in [4.69, 9.17) is 4.74 Å². The summed E-state index contributed by atoms with van der Waals surface area (Å²) in [5, 5.41) is 3.08. The topological polar surface area (TPSA) is 39.2 Å². The lowest BCUT2D eigenvalue weighted by Crippen LogP contribution is -2.04.